The molecule has 2 aliphatic rings. The monoisotopic (exact) mass is 480 g/mol. The lowest BCUT2D eigenvalue weighted by molar-refractivity contribution is -0.130. The summed E-state index contributed by atoms with van der Waals surface area (Å²) < 4.78 is 2.05. The molecule has 2 aromatic heterocycles. The molecule has 188 valence electrons. The summed E-state index contributed by atoms with van der Waals surface area (Å²) in [6.07, 6.45) is 7.48. The fourth-order valence-electron chi connectivity index (χ4n) is 4.61. The Morgan fingerprint density at radius 2 is 1.97 bits per heavy atom. The summed E-state index contributed by atoms with van der Waals surface area (Å²) in [5, 5.41) is 20.7. The van der Waals surface area contributed by atoms with Crippen LogP contribution in [0.25, 0.3) is 0 Å². The first kappa shape index (κ1) is 24.9. The van der Waals surface area contributed by atoms with Crippen LogP contribution in [0.5, 0.6) is 0 Å². The Kier molecular flexibility index (Phi) is 8.15. The van der Waals surface area contributed by atoms with Gasteiger partial charge in [-0.2, -0.15) is 15.3 Å². The average Bonchev–Trinajstić information content (AvgIpc) is 3.12. The maximum absolute atomic E-state index is 12.3. The number of amides is 1. The van der Waals surface area contributed by atoms with Gasteiger partial charge in [0.2, 0.25) is 11.9 Å². The third-order valence-corrected chi connectivity index (χ3v) is 6.76. The first-order valence-electron chi connectivity index (χ1n) is 12.4. The molecule has 2 fully saturated rings. The third-order valence-electron chi connectivity index (χ3n) is 6.76. The van der Waals surface area contributed by atoms with Crippen molar-refractivity contribution >= 4 is 23.4 Å². The summed E-state index contributed by atoms with van der Waals surface area (Å²) in [5.41, 5.74) is 2.14. The van der Waals surface area contributed by atoms with Gasteiger partial charge in [-0.15, -0.1) is 0 Å². The minimum Gasteiger partial charge on any atom is -0.369 e. The largest absolute Gasteiger partial charge is 0.369 e. The van der Waals surface area contributed by atoms with Crippen LogP contribution < -0.4 is 10.6 Å². The minimum absolute atomic E-state index is 0.174. The molecule has 0 atom stereocenters. The van der Waals surface area contributed by atoms with Crippen LogP contribution in [0.15, 0.2) is 12.4 Å². The summed E-state index contributed by atoms with van der Waals surface area (Å²) in [6.45, 7) is 7.62. The van der Waals surface area contributed by atoms with E-state index in [1.54, 1.807) is 0 Å². The number of likely N-dealkylation sites (N-methyl/N-ethyl adjacent to an activating group) is 1. The van der Waals surface area contributed by atoms with Crippen molar-refractivity contribution in [3.05, 3.63) is 23.7 Å². The van der Waals surface area contributed by atoms with Gasteiger partial charge in [0.15, 0.2) is 0 Å². The fourth-order valence-corrected chi connectivity index (χ4v) is 4.61. The highest BCUT2D eigenvalue weighted by atomic mass is 16.2. The molecule has 4 rings (SSSR count). The van der Waals surface area contributed by atoms with Crippen LogP contribution in [0.3, 0.4) is 0 Å². The highest BCUT2D eigenvalue weighted by Gasteiger charge is 2.21. The zero-order valence-corrected chi connectivity index (χ0v) is 21.0. The molecule has 35 heavy (non-hydrogen) atoms. The van der Waals surface area contributed by atoms with E-state index >= 15 is 0 Å². The summed E-state index contributed by atoms with van der Waals surface area (Å²) in [4.78, 5) is 27.5. The quantitative estimate of drug-likeness (QED) is 0.546. The van der Waals surface area contributed by atoms with E-state index in [9.17, 15) is 10.1 Å². The predicted molar refractivity (Wildman–Crippen MR) is 135 cm³/mol. The number of nitriles is 1. The van der Waals surface area contributed by atoms with E-state index in [2.05, 4.69) is 48.2 Å². The first-order valence-corrected chi connectivity index (χ1v) is 12.4. The number of carbonyl (C=O) groups is 1. The molecular formula is C24H36N10O. The highest BCUT2D eigenvalue weighted by molar-refractivity contribution is 5.78. The Morgan fingerprint density at radius 1 is 1.17 bits per heavy atom. The van der Waals surface area contributed by atoms with E-state index in [1.807, 2.05) is 25.1 Å². The van der Waals surface area contributed by atoms with Crippen LogP contribution in [0.2, 0.25) is 0 Å². The highest BCUT2D eigenvalue weighted by Crippen LogP contribution is 2.26. The molecule has 0 aromatic carbocycles. The molecule has 2 N–H and O–H groups in total. The number of likely N-dealkylation sites (tertiary alicyclic amines) is 1. The number of nitrogens with zero attached hydrogens (tertiary/aromatic N) is 8. The van der Waals surface area contributed by atoms with Crippen LogP contribution in [-0.2, 0) is 4.79 Å². The molecule has 0 aliphatic carbocycles. The lowest BCUT2D eigenvalue weighted by atomic mass is 10.1. The number of nitrogens with one attached hydrogen (secondary N) is 2. The second kappa shape index (κ2) is 11.5. The lowest BCUT2D eigenvalue weighted by Gasteiger charge is -2.28. The van der Waals surface area contributed by atoms with Crippen LogP contribution in [0.4, 0.5) is 17.5 Å². The van der Waals surface area contributed by atoms with Crippen molar-refractivity contribution in [2.45, 2.75) is 38.6 Å². The van der Waals surface area contributed by atoms with E-state index < -0.39 is 0 Å². The zero-order valence-electron chi connectivity index (χ0n) is 21.0. The first-order chi connectivity index (χ1) is 16.9. The number of piperidine rings is 1. The van der Waals surface area contributed by atoms with Crippen molar-refractivity contribution < 1.29 is 4.79 Å². The van der Waals surface area contributed by atoms with E-state index in [1.165, 1.54) is 6.20 Å². The van der Waals surface area contributed by atoms with Gasteiger partial charge < -0.3 is 20.4 Å². The molecule has 11 heteroatoms. The molecule has 0 saturated carbocycles. The maximum Gasteiger partial charge on any atom is 0.236 e. The standard InChI is InChI=1S/C24H36N10O/c1-18-21(16-34(30-18)20-6-12-31(2)13-7-20)28-24-27-15-19(14-25)23(29-24)26-8-4-10-33-11-5-9-32(3)17-22(33)35/h15-16,20H,4-13,17H2,1-3H3,(H2,26,27,28,29). The van der Waals surface area contributed by atoms with Gasteiger partial charge >= 0.3 is 0 Å². The number of aromatic nitrogens is 4. The van der Waals surface area contributed by atoms with Gasteiger partial charge in [-0.3, -0.25) is 14.4 Å². The van der Waals surface area contributed by atoms with E-state index in [0.717, 1.165) is 63.2 Å². The molecule has 2 aromatic rings. The predicted octanol–water partition coefficient (Wildman–Crippen LogP) is 1.83. The van der Waals surface area contributed by atoms with Gasteiger partial charge in [-0.25, -0.2) is 4.98 Å². The summed E-state index contributed by atoms with van der Waals surface area (Å²) in [6, 6.07) is 2.55. The third kappa shape index (κ3) is 6.46. The number of carbonyl (C=O) groups excluding carboxylic acids is 1. The van der Waals surface area contributed by atoms with Crippen LogP contribution in [0.1, 0.15) is 43.0 Å². The van der Waals surface area contributed by atoms with Crippen molar-refractivity contribution in [2.75, 3.05) is 70.5 Å². The topological polar surface area (TPSA) is 118 Å². The van der Waals surface area contributed by atoms with Crippen LogP contribution in [-0.4, -0.2) is 100 Å². The van der Waals surface area contributed by atoms with Gasteiger partial charge in [-0.1, -0.05) is 0 Å². The van der Waals surface area contributed by atoms with E-state index in [0.29, 0.717) is 43.0 Å². The second-order valence-electron chi connectivity index (χ2n) is 9.59. The fraction of sp³-hybridized carbons (Fsp3) is 0.625. The van der Waals surface area contributed by atoms with Crippen molar-refractivity contribution in [1.82, 2.24) is 34.4 Å². The smallest absolute Gasteiger partial charge is 0.236 e. The van der Waals surface area contributed by atoms with Crippen molar-refractivity contribution in [3.8, 4) is 6.07 Å². The SMILES string of the molecule is Cc1nn(C2CCN(C)CC2)cc1Nc1ncc(C#N)c(NCCCN2CCCN(C)CC2=O)n1. The van der Waals surface area contributed by atoms with Gasteiger partial charge in [0.25, 0.3) is 0 Å². The minimum atomic E-state index is 0.174. The summed E-state index contributed by atoms with van der Waals surface area (Å²) in [5.74, 6) is 1.09. The lowest BCUT2D eigenvalue weighted by Crippen LogP contribution is -2.36. The van der Waals surface area contributed by atoms with E-state index in [-0.39, 0.29) is 5.91 Å². The molecular weight excluding hydrogens is 444 g/mol. The Bertz CT molecular complexity index is 1050. The molecule has 2 saturated heterocycles. The summed E-state index contributed by atoms with van der Waals surface area (Å²) in [7, 11) is 4.13. The normalized spacial score (nSPS) is 18.3. The number of rotatable bonds is 8. The molecule has 0 unspecified atom stereocenters. The number of anilines is 3. The Labute approximate surface area is 207 Å². The zero-order chi connectivity index (χ0) is 24.8. The van der Waals surface area contributed by atoms with Crippen molar-refractivity contribution in [1.29, 1.82) is 5.26 Å². The maximum atomic E-state index is 12.3. The van der Waals surface area contributed by atoms with Gasteiger partial charge in [0, 0.05) is 32.4 Å². The number of aryl methyl sites for hydroxylation is 1. The molecule has 1 amide bonds. The second-order valence-corrected chi connectivity index (χ2v) is 9.59. The molecule has 0 radical (unpaired) electrons. The number of hydrogen-bond acceptors (Lipinski definition) is 9. The van der Waals surface area contributed by atoms with Crippen LogP contribution >= 0.6 is 0 Å². The van der Waals surface area contributed by atoms with Crippen molar-refractivity contribution in [2.24, 2.45) is 0 Å². The molecule has 2 aliphatic heterocycles. The summed E-state index contributed by atoms with van der Waals surface area (Å²) >= 11 is 0. The molecule has 11 nitrogen and oxygen atoms in total. The Balaban J connectivity index is 1.35. The number of hydrogen-bond donors (Lipinski definition) is 2. The Hall–Kier alpha value is -3.23. The molecule has 0 spiro atoms. The van der Waals surface area contributed by atoms with E-state index in [4.69, 9.17) is 5.10 Å². The van der Waals surface area contributed by atoms with Crippen molar-refractivity contribution in [3.63, 3.8) is 0 Å². The molecule has 0 bridgehead atoms. The van der Waals surface area contributed by atoms with Gasteiger partial charge in [0.05, 0.1) is 30.2 Å². The van der Waals surface area contributed by atoms with Gasteiger partial charge in [-0.05, 0) is 59.8 Å². The Morgan fingerprint density at radius 3 is 2.74 bits per heavy atom. The molecule has 4 heterocycles. The average molecular weight is 481 g/mol. The van der Waals surface area contributed by atoms with Gasteiger partial charge in [0.1, 0.15) is 17.5 Å². The van der Waals surface area contributed by atoms with Crippen LogP contribution in [0, 0.1) is 18.3 Å².